The monoisotopic (exact) mass is 264 g/mol. The van der Waals surface area contributed by atoms with Crippen molar-refractivity contribution in [2.24, 2.45) is 0 Å². The van der Waals surface area contributed by atoms with Crippen LogP contribution in [0.15, 0.2) is 6.20 Å². The molecule has 0 atom stereocenters. The normalized spacial score (nSPS) is 17.9. The molecule has 3 rings (SSSR count). The SMILES string of the molecule is CCC1(c2c(C)c(Cl)c3cnc(N)nn23)CCC1. The molecular formula is C13H17ClN4. The summed E-state index contributed by atoms with van der Waals surface area (Å²) in [6.07, 6.45) is 6.51. The molecule has 5 heteroatoms. The second-order valence-corrected chi connectivity index (χ2v) is 5.57. The Balaban J connectivity index is 2.34. The molecule has 0 bridgehead atoms. The van der Waals surface area contributed by atoms with E-state index < -0.39 is 0 Å². The van der Waals surface area contributed by atoms with Gasteiger partial charge in [-0.05, 0) is 31.7 Å². The fraction of sp³-hybridized carbons (Fsp3) is 0.538. The minimum Gasteiger partial charge on any atom is -0.367 e. The van der Waals surface area contributed by atoms with Crippen molar-refractivity contribution in [3.8, 4) is 0 Å². The third kappa shape index (κ3) is 1.38. The summed E-state index contributed by atoms with van der Waals surface area (Å²) in [7, 11) is 0. The van der Waals surface area contributed by atoms with Crippen LogP contribution < -0.4 is 5.73 Å². The Kier molecular flexibility index (Phi) is 2.52. The molecule has 96 valence electrons. The first kappa shape index (κ1) is 11.8. The zero-order valence-corrected chi connectivity index (χ0v) is 11.5. The van der Waals surface area contributed by atoms with Crippen molar-refractivity contribution in [1.29, 1.82) is 0 Å². The van der Waals surface area contributed by atoms with Crippen LogP contribution in [0.2, 0.25) is 5.02 Å². The van der Waals surface area contributed by atoms with E-state index in [1.165, 1.54) is 25.0 Å². The second-order valence-electron chi connectivity index (χ2n) is 5.19. The molecule has 0 amide bonds. The highest BCUT2D eigenvalue weighted by molar-refractivity contribution is 6.34. The van der Waals surface area contributed by atoms with E-state index >= 15 is 0 Å². The van der Waals surface area contributed by atoms with Gasteiger partial charge in [0.1, 0.15) is 5.52 Å². The van der Waals surface area contributed by atoms with E-state index in [-0.39, 0.29) is 5.41 Å². The summed E-state index contributed by atoms with van der Waals surface area (Å²) in [5.74, 6) is 0.293. The van der Waals surface area contributed by atoms with Crippen molar-refractivity contribution in [2.75, 3.05) is 5.73 Å². The average Bonchev–Trinajstić information content (AvgIpc) is 2.54. The maximum atomic E-state index is 6.40. The number of anilines is 1. The number of nitrogen functional groups attached to an aromatic ring is 1. The van der Waals surface area contributed by atoms with Gasteiger partial charge in [0.15, 0.2) is 0 Å². The van der Waals surface area contributed by atoms with Gasteiger partial charge in [0, 0.05) is 5.41 Å². The smallest absolute Gasteiger partial charge is 0.238 e. The van der Waals surface area contributed by atoms with Crippen LogP contribution in [0.4, 0.5) is 5.95 Å². The van der Waals surface area contributed by atoms with Gasteiger partial charge in [0.05, 0.1) is 16.9 Å². The molecular weight excluding hydrogens is 248 g/mol. The van der Waals surface area contributed by atoms with E-state index in [1.54, 1.807) is 6.20 Å². The molecule has 4 nitrogen and oxygen atoms in total. The predicted octanol–water partition coefficient (Wildman–Crippen LogP) is 3.11. The molecule has 1 aliphatic rings. The molecule has 1 fully saturated rings. The van der Waals surface area contributed by atoms with Crippen LogP contribution in [0.1, 0.15) is 43.9 Å². The number of hydrogen-bond acceptors (Lipinski definition) is 3. The number of rotatable bonds is 2. The lowest BCUT2D eigenvalue weighted by atomic mass is 9.64. The minimum absolute atomic E-state index is 0.223. The summed E-state index contributed by atoms with van der Waals surface area (Å²) in [4.78, 5) is 4.04. The first-order valence-electron chi connectivity index (χ1n) is 6.39. The number of fused-ring (bicyclic) bond motifs is 1. The molecule has 0 aromatic carbocycles. The molecule has 1 saturated carbocycles. The average molecular weight is 265 g/mol. The zero-order chi connectivity index (χ0) is 12.9. The summed E-state index contributed by atoms with van der Waals surface area (Å²) >= 11 is 6.40. The van der Waals surface area contributed by atoms with Crippen molar-refractivity contribution in [3.05, 3.63) is 22.5 Å². The van der Waals surface area contributed by atoms with Gasteiger partial charge in [-0.25, -0.2) is 9.50 Å². The van der Waals surface area contributed by atoms with Crippen LogP contribution in [0.25, 0.3) is 5.52 Å². The molecule has 2 aromatic heterocycles. The topological polar surface area (TPSA) is 56.2 Å². The molecule has 0 saturated heterocycles. The van der Waals surface area contributed by atoms with E-state index in [0.29, 0.717) is 5.95 Å². The summed E-state index contributed by atoms with van der Waals surface area (Å²) in [6, 6.07) is 0. The molecule has 0 aliphatic heterocycles. The number of aromatic nitrogens is 3. The Morgan fingerprint density at radius 2 is 2.22 bits per heavy atom. The molecule has 0 spiro atoms. The third-order valence-corrected chi connectivity index (χ3v) is 4.84. The summed E-state index contributed by atoms with van der Waals surface area (Å²) in [5, 5.41) is 5.11. The van der Waals surface area contributed by atoms with Gasteiger partial charge in [-0.3, -0.25) is 0 Å². The number of hydrogen-bond donors (Lipinski definition) is 1. The Bertz CT molecular complexity index is 607. The van der Waals surface area contributed by atoms with Crippen molar-refractivity contribution in [1.82, 2.24) is 14.6 Å². The highest BCUT2D eigenvalue weighted by atomic mass is 35.5. The van der Waals surface area contributed by atoms with Crippen LogP contribution in [0, 0.1) is 6.92 Å². The molecule has 0 unspecified atom stereocenters. The molecule has 2 aromatic rings. The van der Waals surface area contributed by atoms with Gasteiger partial charge in [-0.15, -0.1) is 5.10 Å². The molecule has 0 radical (unpaired) electrons. The van der Waals surface area contributed by atoms with Crippen LogP contribution in [-0.4, -0.2) is 14.6 Å². The first-order chi connectivity index (χ1) is 8.59. The van der Waals surface area contributed by atoms with Crippen molar-refractivity contribution in [3.63, 3.8) is 0 Å². The van der Waals surface area contributed by atoms with Crippen LogP contribution in [0.5, 0.6) is 0 Å². The van der Waals surface area contributed by atoms with Gasteiger partial charge in [-0.1, -0.05) is 24.9 Å². The third-order valence-electron chi connectivity index (χ3n) is 4.36. The maximum absolute atomic E-state index is 6.40. The van der Waals surface area contributed by atoms with Crippen molar-refractivity contribution < 1.29 is 0 Å². The highest BCUT2D eigenvalue weighted by Gasteiger charge is 2.41. The fourth-order valence-electron chi connectivity index (χ4n) is 3.12. The Hall–Kier alpha value is -1.29. The maximum Gasteiger partial charge on any atom is 0.238 e. The van der Waals surface area contributed by atoms with Crippen LogP contribution in [-0.2, 0) is 5.41 Å². The van der Waals surface area contributed by atoms with E-state index in [4.69, 9.17) is 17.3 Å². The number of nitrogens with zero attached hydrogens (tertiary/aromatic N) is 3. The Morgan fingerprint density at radius 3 is 2.78 bits per heavy atom. The lowest BCUT2D eigenvalue weighted by molar-refractivity contribution is 0.223. The van der Waals surface area contributed by atoms with Crippen LogP contribution in [0.3, 0.4) is 0 Å². The summed E-state index contributed by atoms with van der Waals surface area (Å²) < 4.78 is 1.91. The van der Waals surface area contributed by atoms with Crippen molar-refractivity contribution in [2.45, 2.75) is 44.9 Å². The van der Waals surface area contributed by atoms with E-state index in [2.05, 4.69) is 23.9 Å². The molecule has 1 aliphatic carbocycles. The van der Waals surface area contributed by atoms with Gasteiger partial charge < -0.3 is 5.73 Å². The lowest BCUT2D eigenvalue weighted by Crippen LogP contribution is -2.35. The first-order valence-corrected chi connectivity index (χ1v) is 6.76. The summed E-state index contributed by atoms with van der Waals surface area (Å²) in [5.41, 5.74) is 9.14. The van der Waals surface area contributed by atoms with Gasteiger partial charge in [0.25, 0.3) is 0 Å². The molecule has 18 heavy (non-hydrogen) atoms. The highest BCUT2D eigenvalue weighted by Crippen LogP contribution is 2.49. The second kappa shape index (κ2) is 3.85. The Morgan fingerprint density at radius 1 is 1.50 bits per heavy atom. The largest absolute Gasteiger partial charge is 0.367 e. The standard InChI is InChI=1S/C13H17ClN4/c1-3-13(5-4-6-13)11-8(2)10(14)9-7-16-12(15)17-18(9)11/h7H,3-6H2,1-2H3,(H2,15,17). The van der Waals surface area contributed by atoms with E-state index in [0.717, 1.165) is 22.5 Å². The lowest BCUT2D eigenvalue weighted by Gasteiger charge is -2.41. The van der Waals surface area contributed by atoms with E-state index in [9.17, 15) is 0 Å². The van der Waals surface area contributed by atoms with Crippen molar-refractivity contribution >= 4 is 23.1 Å². The van der Waals surface area contributed by atoms with E-state index in [1.807, 2.05) is 4.52 Å². The van der Waals surface area contributed by atoms with Gasteiger partial charge in [0.2, 0.25) is 5.95 Å². The zero-order valence-electron chi connectivity index (χ0n) is 10.7. The minimum atomic E-state index is 0.223. The van der Waals surface area contributed by atoms with Gasteiger partial charge in [-0.2, -0.15) is 0 Å². The summed E-state index contributed by atoms with van der Waals surface area (Å²) in [6.45, 7) is 4.30. The Labute approximate surface area is 111 Å². The predicted molar refractivity (Wildman–Crippen MR) is 73.0 cm³/mol. The molecule has 2 N–H and O–H groups in total. The fourth-order valence-corrected chi connectivity index (χ4v) is 3.34. The quantitative estimate of drug-likeness (QED) is 0.907. The number of halogens is 1. The van der Waals surface area contributed by atoms with Crippen LogP contribution >= 0.6 is 11.6 Å². The van der Waals surface area contributed by atoms with Gasteiger partial charge >= 0.3 is 0 Å². The number of nitrogens with two attached hydrogens (primary N) is 1. The molecule has 2 heterocycles.